The van der Waals surface area contributed by atoms with Gasteiger partial charge in [-0.25, -0.2) is 9.78 Å². The Kier molecular flexibility index (Phi) is 5.78. The number of anilines is 1. The van der Waals surface area contributed by atoms with Crippen LogP contribution in [-0.2, 0) is 4.74 Å². The highest BCUT2D eigenvalue weighted by molar-refractivity contribution is 5.99. The van der Waals surface area contributed by atoms with Gasteiger partial charge in [0.15, 0.2) is 0 Å². The molecule has 2 N–H and O–H groups in total. The van der Waals surface area contributed by atoms with Crippen molar-refractivity contribution in [2.24, 2.45) is 17.8 Å². The largest absolute Gasteiger partial charge is 0.446 e. The van der Waals surface area contributed by atoms with Gasteiger partial charge >= 0.3 is 6.09 Å². The lowest BCUT2D eigenvalue weighted by molar-refractivity contribution is -0.177. The molecule has 2 unspecified atom stereocenters. The first-order valence-corrected chi connectivity index (χ1v) is 12.7. The Morgan fingerprint density at radius 3 is 2.59 bits per heavy atom. The molecule has 2 amide bonds. The molecular formula is C26H38N4O4. The number of likely N-dealkylation sites (tertiary alicyclic amines) is 1. The molecule has 0 aromatic carbocycles. The molecule has 1 aliphatic heterocycles. The van der Waals surface area contributed by atoms with E-state index < -0.39 is 5.60 Å². The number of hydrogen-bond acceptors (Lipinski definition) is 6. The standard InChI is InChI=1S/C26H38N4O4/c1-25(2,3)29(4)23(31)20-6-5-8-27-22(20)28-19-7-9-30(15-19)24(32)34-21-17-10-16-11-18(21)14-26(33,12-16)13-17/h5-6,8,16-19,21,33H,7,9-15H2,1-4H3,(H,27,28)/t16?,17?,18?,19-,21?,26?/m1/s1. The van der Waals surface area contributed by atoms with Crippen LogP contribution in [0.3, 0.4) is 0 Å². The van der Waals surface area contributed by atoms with Crippen LogP contribution in [0.15, 0.2) is 18.3 Å². The second-order valence-electron chi connectivity index (χ2n) is 12.1. The molecule has 1 saturated heterocycles. The first kappa shape index (κ1) is 23.4. The van der Waals surface area contributed by atoms with Crippen LogP contribution in [-0.4, -0.2) is 75.3 Å². The van der Waals surface area contributed by atoms with E-state index >= 15 is 0 Å². The zero-order chi connectivity index (χ0) is 24.3. The van der Waals surface area contributed by atoms with E-state index in [1.807, 2.05) is 20.8 Å². The Hall–Kier alpha value is -2.35. The molecule has 2 heterocycles. The molecule has 4 saturated carbocycles. The molecular weight excluding hydrogens is 432 g/mol. The quantitative estimate of drug-likeness (QED) is 0.699. The summed E-state index contributed by atoms with van der Waals surface area (Å²) < 4.78 is 6.06. The first-order valence-electron chi connectivity index (χ1n) is 12.7. The topological polar surface area (TPSA) is 95.0 Å². The Bertz CT molecular complexity index is 944. The third kappa shape index (κ3) is 4.37. The minimum Gasteiger partial charge on any atom is -0.446 e. The van der Waals surface area contributed by atoms with E-state index in [-0.39, 0.29) is 29.7 Å². The number of aromatic nitrogens is 1. The molecule has 0 radical (unpaired) electrons. The fourth-order valence-corrected chi connectivity index (χ4v) is 6.73. The zero-order valence-electron chi connectivity index (χ0n) is 20.8. The summed E-state index contributed by atoms with van der Waals surface area (Å²) in [6, 6.07) is 3.57. The first-order chi connectivity index (χ1) is 16.0. The average Bonchev–Trinajstić information content (AvgIpc) is 3.22. The van der Waals surface area contributed by atoms with Crippen LogP contribution in [0.5, 0.6) is 0 Å². The van der Waals surface area contributed by atoms with E-state index in [1.54, 1.807) is 35.2 Å². The molecule has 0 spiro atoms. The molecule has 4 bridgehead atoms. The van der Waals surface area contributed by atoms with Gasteiger partial charge in [-0.3, -0.25) is 4.79 Å². The Morgan fingerprint density at radius 2 is 1.94 bits per heavy atom. The van der Waals surface area contributed by atoms with Gasteiger partial charge in [0.1, 0.15) is 11.9 Å². The Balaban J connectivity index is 1.20. The molecule has 3 atom stereocenters. The molecule has 1 aromatic heterocycles. The van der Waals surface area contributed by atoms with Crippen LogP contribution in [0.25, 0.3) is 0 Å². The maximum atomic E-state index is 13.1. The summed E-state index contributed by atoms with van der Waals surface area (Å²) in [5, 5.41) is 14.2. The summed E-state index contributed by atoms with van der Waals surface area (Å²) >= 11 is 0. The molecule has 186 valence electrons. The van der Waals surface area contributed by atoms with Crippen molar-refractivity contribution in [3.8, 4) is 0 Å². The average molecular weight is 471 g/mol. The van der Waals surface area contributed by atoms with Gasteiger partial charge in [-0.15, -0.1) is 0 Å². The molecule has 5 aliphatic rings. The van der Waals surface area contributed by atoms with E-state index in [4.69, 9.17) is 4.74 Å². The number of ether oxygens (including phenoxy) is 1. The minimum atomic E-state index is -0.527. The predicted octanol–water partition coefficient (Wildman–Crippen LogP) is 3.51. The molecule has 8 nitrogen and oxygen atoms in total. The lowest BCUT2D eigenvalue weighted by atomic mass is 9.53. The van der Waals surface area contributed by atoms with Crippen molar-refractivity contribution in [1.29, 1.82) is 0 Å². The highest BCUT2D eigenvalue weighted by Crippen LogP contribution is 2.56. The van der Waals surface area contributed by atoms with E-state index in [2.05, 4.69) is 10.3 Å². The van der Waals surface area contributed by atoms with Gasteiger partial charge < -0.3 is 25.0 Å². The number of hydrogen-bond donors (Lipinski definition) is 2. The smallest absolute Gasteiger partial charge is 0.410 e. The van der Waals surface area contributed by atoms with Gasteiger partial charge in [0.05, 0.1) is 11.2 Å². The molecule has 8 heteroatoms. The maximum Gasteiger partial charge on any atom is 0.410 e. The molecule has 34 heavy (non-hydrogen) atoms. The van der Waals surface area contributed by atoms with Gasteiger partial charge in [0.25, 0.3) is 5.91 Å². The van der Waals surface area contributed by atoms with Crippen LogP contribution < -0.4 is 5.32 Å². The highest BCUT2D eigenvalue weighted by atomic mass is 16.6. The van der Waals surface area contributed by atoms with Crippen molar-refractivity contribution in [2.75, 3.05) is 25.5 Å². The summed E-state index contributed by atoms with van der Waals surface area (Å²) in [6.07, 6.45) is 6.72. The normalized spacial score (nSPS) is 34.3. The van der Waals surface area contributed by atoms with Crippen LogP contribution >= 0.6 is 0 Å². The predicted molar refractivity (Wildman–Crippen MR) is 128 cm³/mol. The Morgan fingerprint density at radius 1 is 1.24 bits per heavy atom. The van der Waals surface area contributed by atoms with Crippen molar-refractivity contribution < 1.29 is 19.4 Å². The van der Waals surface area contributed by atoms with Gasteiger partial charge in [0, 0.05) is 37.9 Å². The number of carbonyl (C=O) groups is 2. The van der Waals surface area contributed by atoms with E-state index in [0.717, 1.165) is 38.5 Å². The second-order valence-corrected chi connectivity index (χ2v) is 12.1. The highest BCUT2D eigenvalue weighted by Gasteiger charge is 2.56. The summed E-state index contributed by atoms with van der Waals surface area (Å²) in [7, 11) is 1.80. The summed E-state index contributed by atoms with van der Waals surface area (Å²) in [5.41, 5.74) is -0.292. The summed E-state index contributed by atoms with van der Waals surface area (Å²) in [5.74, 6) is 1.64. The molecule has 6 rings (SSSR count). The lowest BCUT2D eigenvalue weighted by Crippen LogP contribution is -2.58. The number of amides is 2. The number of pyridine rings is 1. The monoisotopic (exact) mass is 470 g/mol. The van der Waals surface area contributed by atoms with Crippen molar-refractivity contribution in [1.82, 2.24) is 14.8 Å². The number of carbonyl (C=O) groups excluding carboxylic acids is 2. The number of rotatable bonds is 4. The van der Waals surface area contributed by atoms with Gasteiger partial charge in [-0.1, -0.05) is 0 Å². The van der Waals surface area contributed by atoms with Crippen LogP contribution in [0.1, 0.15) is 69.7 Å². The van der Waals surface area contributed by atoms with Crippen LogP contribution in [0.4, 0.5) is 10.6 Å². The summed E-state index contributed by atoms with van der Waals surface area (Å²) in [6.45, 7) is 7.13. The fraction of sp³-hybridized carbons (Fsp3) is 0.731. The van der Waals surface area contributed by atoms with Gasteiger partial charge in [0.2, 0.25) is 0 Å². The third-order valence-electron chi connectivity index (χ3n) is 8.53. The zero-order valence-corrected chi connectivity index (χ0v) is 20.8. The fourth-order valence-electron chi connectivity index (χ4n) is 6.73. The molecule has 4 aliphatic carbocycles. The number of nitrogens with zero attached hydrogens (tertiary/aromatic N) is 3. The van der Waals surface area contributed by atoms with E-state index in [9.17, 15) is 14.7 Å². The SMILES string of the molecule is CN(C(=O)c1cccnc1N[C@@H]1CCN(C(=O)OC2C3CC4CC2CC(O)(C4)C3)C1)C(C)(C)C. The van der Waals surface area contributed by atoms with Crippen molar-refractivity contribution in [3.63, 3.8) is 0 Å². The number of nitrogens with one attached hydrogen (secondary N) is 1. The number of aliphatic hydroxyl groups is 1. The lowest BCUT2D eigenvalue weighted by Gasteiger charge is -2.57. The van der Waals surface area contributed by atoms with Crippen LogP contribution in [0.2, 0.25) is 0 Å². The van der Waals surface area contributed by atoms with Crippen molar-refractivity contribution >= 4 is 17.8 Å². The minimum absolute atomic E-state index is 0.00755. The molecule has 5 fully saturated rings. The van der Waals surface area contributed by atoms with E-state index in [0.29, 0.717) is 42.2 Å². The van der Waals surface area contributed by atoms with Gasteiger partial charge in [-0.2, -0.15) is 0 Å². The second kappa shape index (κ2) is 8.40. The van der Waals surface area contributed by atoms with E-state index in [1.165, 1.54) is 0 Å². The van der Waals surface area contributed by atoms with Gasteiger partial charge in [-0.05, 0) is 89.2 Å². The van der Waals surface area contributed by atoms with Crippen LogP contribution in [0, 0.1) is 17.8 Å². The molecule has 1 aromatic rings. The van der Waals surface area contributed by atoms with Crippen molar-refractivity contribution in [2.45, 2.75) is 82.6 Å². The maximum absolute atomic E-state index is 13.1. The van der Waals surface area contributed by atoms with Crippen molar-refractivity contribution in [3.05, 3.63) is 23.9 Å². The Labute approximate surface area is 202 Å². The third-order valence-corrected chi connectivity index (χ3v) is 8.53. The summed E-state index contributed by atoms with van der Waals surface area (Å²) in [4.78, 5) is 34.0.